The van der Waals surface area contributed by atoms with E-state index in [0.29, 0.717) is 6.04 Å². The first-order valence-electron chi connectivity index (χ1n) is 8.51. The van der Waals surface area contributed by atoms with Gasteiger partial charge >= 0.3 is 0 Å². The number of thioether (sulfide) groups is 1. The van der Waals surface area contributed by atoms with Crippen LogP contribution in [0, 0.1) is 5.92 Å². The molecule has 1 aromatic rings. The maximum Gasteiger partial charge on any atom is 0.138 e. The predicted octanol–water partition coefficient (Wildman–Crippen LogP) is 3.13. The summed E-state index contributed by atoms with van der Waals surface area (Å²) in [6, 6.07) is 0.554. The van der Waals surface area contributed by atoms with Crippen LogP contribution in [-0.4, -0.2) is 38.9 Å². The first-order valence-corrected chi connectivity index (χ1v) is 9.66. The Bertz CT molecular complexity index is 387. The summed E-state index contributed by atoms with van der Waals surface area (Å²) in [4.78, 5) is 4.48. The van der Waals surface area contributed by atoms with Crippen LogP contribution in [0.1, 0.15) is 51.8 Å². The van der Waals surface area contributed by atoms with Crippen molar-refractivity contribution in [3.63, 3.8) is 0 Å². The van der Waals surface area contributed by atoms with Crippen LogP contribution < -0.4 is 5.32 Å². The molecule has 1 aliphatic rings. The topological polar surface area (TPSA) is 42.7 Å². The van der Waals surface area contributed by atoms with Crippen LogP contribution in [0.5, 0.6) is 0 Å². The fourth-order valence-corrected chi connectivity index (χ4v) is 4.24. The third kappa shape index (κ3) is 5.62. The second-order valence-electron chi connectivity index (χ2n) is 6.05. The van der Waals surface area contributed by atoms with Crippen molar-refractivity contribution in [2.75, 3.05) is 18.1 Å². The van der Waals surface area contributed by atoms with E-state index in [9.17, 15) is 0 Å². The fourth-order valence-electron chi connectivity index (χ4n) is 3.04. The van der Waals surface area contributed by atoms with E-state index in [-0.39, 0.29) is 0 Å². The summed E-state index contributed by atoms with van der Waals surface area (Å²) in [6.07, 6.45) is 9.09. The molecule has 120 valence electrons. The Kier molecular flexibility index (Phi) is 7.58. The lowest BCUT2D eigenvalue weighted by Gasteiger charge is -2.27. The lowest BCUT2D eigenvalue weighted by molar-refractivity contribution is 0.354. The van der Waals surface area contributed by atoms with Crippen molar-refractivity contribution >= 4 is 11.8 Å². The summed E-state index contributed by atoms with van der Waals surface area (Å²) < 4.78 is 2.08. The fraction of sp³-hybridized carbons (Fsp3) is 0.875. The molecular weight excluding hydrogens is 280 g/mol. The van der Waals surface area contributed by atoms with E-state index in [4.69, 9.17) is 0 Å². The zero-order valence-corrected chi connectivity index (χ0v) is 14.4. The van der Waals surface area contributed by atoms with Gasteiger partial charge in [0, 0.05) is 19.0 Å². The second-order valence-corrected chi connectivity index (χ2v) is 7.27. The summed E-state index contributed by atoms with van der Waals surface area (Å²) in [5.74, 6) is 4.73. The summed E-state index contributed by atoms with van der Waals surface area (Å²) in [5, 5.41) is 8.10. The summed E-state index contributed by atoms with van der Waals surface area (Å²) in [5.41, 5.74) is 0. The Labute approximate surface area is 133 Å². The number of aryl methyl sites for hydroxylation is 1. The molecule has 1 fully saturated rings. The first kappa shape index (κ1) is 16.8. The normalized spacial score (nSPS) is 18.0. The van der Waals surface area contributed by atoms with E-state index >= 15 is 0 Å². The van der Waals surface area contributed by atoms with E-state index in [2.05, 4.69) is 45.7 Å². The number of hydrogen-bond donors (Lipinski definition) is 1. The summed E-state index contributed by atoms with van der Waals surface area (Å²) in [7, 11) is 0. The SMILES string of the molecule is CCCNC(Cc1ncnn1CCC)CC1CCSCC1. The largest absolute Gasteiger partial charge is 0.314 e. The Morgan fingerprint density at radius 1 is 1.33 bits per heavy atom. The highest BCUT2D eigenvalue weighted by Crippen LogP contribution is 2.27. The molecule has 4 nitrogen and oxygen atoms in total. The van der Waals surface area contributed by atoms with Gasteiger partial charge in [0.05, 0.1) is 0 Å². The molecule has 1 N–H and O–H groups in total. The van der Waals surface area contributed by atoms with E-state index in [1.54, 1.807) is 6.33 Å². The molecule has 2 heterocycles. The lowest BCUT2D eigenvalue weighted by Crippen LogP contribution is -2.35. The molecule has 0 aliphatic carbocycles. The van der Waals surface area contributed by atoms with Crippen molar-refractivity contribution in [1.29, 1.82) is 0 Å². The van der Waals surface area contributed by atoms with Gasteiger partial charge in [0.15, 0.2) is 0 Å². The molecule has 1 atom stereocenters. The smallest absolute Gasteiger partial charge is 0.138 e. The minimum absolute atomic E-state index is 0.554. The monoisotopic (exact) mass is 310 g/mol. The van der Waals surface area contributed by atoms with Crippen molar-refractivity contribution in [1.82, 2.24) is 20.1 Å². The molecule has 5 heteroatoms. The van der Waals surface area contributed by atoms with Crippen LogP contribution in [0.2, 0.25) is 0 Å². The lowest BCUT2D eigenvalue weighted by atomic mass is 9.92. The maximum absolute atomic E-state index is 4.48. The van der Waals surface area contributed by atoms with E-state index in [0.717, 1.165) is 37.7 Å². The molecule has 0 spiro atoms. The minimum atomic E-state index is 0.554. The quantitative estimate of drug-likeness (QED) is 0.761. The highest BCUT2D eigenvalue weighted by molar-refractivity contribution is 7.99. The van der Waals surface area contributed by atoms with Gasteiger partial charge in [-0.2, -0.15) is 16.9 Å². The third-order valence-corrected chi connectivity index (χ3v) is 5.25. The van der Waals surface area contributed by atoms with Gasteiger partial charge in [0.1, 0.15) is 12.2 Å². The number of nitrogens with zero attached hydrogens (tertiary/aromatic N) is 3. The van der Waals surface area contributed by atoms with E-state index in [1.165, 1.54) is 37.2 Å². The Hall–Kier alpha value is -0.550. The maximum atomic E-state index is 4.48. The molecule has 0 saturated carbocycles. The van der Waals surface area contributed by atoms with Crippen molar-refractivity contribution in [2.45, 2.75) is 65.0 Å². The van der Waals surface area contributed by atoms with Crippen LogP contribution in [-0.2, 0) is 13.0 Å². The Morgan fingerprint density at radius 2 is 2.14 bits per heavy atom. The standard InChI is InChI=1S/C16H30N4S/c1-3-7-17-15(11-14-5-9-21-10-6-14)12-16-18-13-19-20(16)8-4-2/h13-15,17H,3-12H2,1-2H3. The molecule has 2 rings (SSSR count). The van der Waals surface area contributed by atoms with E-state index < -0.39 is 0 Å². The van der Waals surface area contributed by atoms with Crippen molar-refractivity contribution in [3.05, 3.63) is 12.2 Å². The highest BCUT2D eigenvalue weighted by atomic mass is 32.2. The van der Waals surface area contributed by atoms with Crippen LogP contribution in [0.25, 0.3) is 0 Å². The first-order chi connectivity index (χ1) is 10.3. The van der Waals surface area contributed by atoms with Gasteiger partial charge in [-0.15, -0.1) is 0 Å². The van der Waals surface area contributed by atoms with Gasteiger partial charge in [-0.05, 0) is 56.1 Å². The Balaban J connectivity index is 1.92. The molecule has 0 aromatic carbocycles. The van der Waals surface area contributed by atoms with Crippen molar-refractivity contribution < 1.29 is 0 Å². The molecule has 1 aromatic heterocycles. The number of nitrogens with one attached hydrogen (secondary N) is 1. The van der Waals surface area contributed by atoms with Gasteiger partial charge in [-0.3, -0.25) is 4.68 Å². The van der Waals surface area contributed by atoms with Gasteiger partial charge < -0.3 is 5.32 Å². The zero-order chi connectivity index (χ0) is 14.9. The third-order valence-electron chi connectivity index (χ3n) is 4.20. The van der Waals surface area contributed by atoms with Crippen molar-refractivity contribution in [3.8, 4) is 0 Å². The average Bonchev–Trinajstić information content (AvgIpc) is 2.93. The minimum Gasteiger partial charge on any atom is -0.314 e. The number of rotatable bonds is 9. The van der Waals surface area contributed by atoms with Crippen LogP contribution in [0.3, 0.4) is 0 Å². The molecule has 0 bridgehead atoms. The van der Waals surface area contributed by atoms with Crippen LogP contribution >= 0.6 is 11.8 Å². The van der Waals surface area contributed by atoms with Crippen LogP contribution in [0.15, 0.2) is 6.33 Å². The second kappa shape index (κ2) is 9.46. The molecular formula is C16H30N4S. The van der Waals surface area contributed by atoms with Gasteiger partial charge in [-0.25, -0.2) is 4.98 Å². The summed E-state index contributed by atoms with van der Waals surface area (Å²) >= 11 is 2.11. The highest BCUT2D eigenvalue weighted by Gasteiger charge is 2.20. The summed E-state index contributed by atoms with van der Waals surface area (Å²) in [6.45, 7) is 6.52. The van der Waals surface area contributed by atoms with Gasteiger partial charge in [0.25, 0.3) is 0 Å². The molecule has 1 unspecified atom stereocenters. The van der Waals surface area contributed by atoms with Crippen molar-refractivity contribution in [2.24, 2.45) is 5.92 Å². The van der Waals surface area contributed by atoms with E-state index in [1.807, 2.05) is 0 Å². The molecule has 1 aliphatic heterocycles. The molecule has 0 amide bonds. The predicted molar refractivity (Wildman–Crippen MR) is 90.8 cm³/mol. The molecule has 1 saturated heterocycles. The van der Waals surface area contributed by atoms with Gasteiger partial charge in [0.2, 0.25) is 0 Å². The Morgan fingerprint density at radius 3 is 2.86 bits per heavy atom. The number of aromatic nitrogens is 3. The average molecular weight is 311 g/mol. The molecule has 0 radical (unpaired) electrons. The number of hydrogen-bond acceptors (Lipinski definition) is 4. The van der Waals surface area contributed by atoms with Gasteiger partial charge in [-0.1, -0.05) is 13.8 Å². The zero-order valence-electron chi connectivity index (χ0n) is 13.6. The van der Waals surface area contributed by atoms with Crippen LogP contribution in [0.4, 0.5) is 0 Å². The molecule has 21 heavy (non-hydrogen) atoms.